The fraction of sp³-hybridized carbons (Fsp3) is 0.385. The molecule has 0 unspecified atom stereocenters. The van der Waals surface area contributed by atoms with Crippen LogP contribution in [0.3, 0.4) is 0 Å². The Morgan fingerprint density at radius 1 is 1.57 bits per heavy atom. The van der Waals surface area contributed by atoms with Crippen LogP contribution in [0.5, 0.6) is 0 Å². The third-order valence-corrected chi connectivity index (χ3v) is 3.20. The topological polar surface area (TPSA) is 106 Å². The molecule has 0 atom stereocenters. The monoisotopic (exact) mass is 293 g/mol. The number of aromatic nitrogens is 1. The molecule has 0 saturated heterocycles. The van der Waals surface area contributed by atoms with E-state index >= 15 is 0 Å². The molecule has 0 radical (unpaired) electrons. The Balaban J connectivity index is 2.31. The van der Waals surface area contributed by atoms with Crippen molar-refractivity contribution in [3.05, 3.63) is 39.6 Å². The van der Waals surface area contributed by atoms with E-state index in [1.54, 1.807) is 12.0 Å². The SMILES string of the molecule is COCC1=CCN(c2nc(C(=O)O)ccc2[N+](=O)[O-])CC1. The lowest BCUT2D eigenvalue weighted by molar-refractivity contribution is -0.384. The first-order valence-electron chi connectivity index (χ1n) is 6.33. The van der Waals surface area contributed by atoms with Gasteiger partial charge in [0.2, 0.25) is 5.82 Å². The molecular weight excluding hydrogens is 278 g/mol. The fourth-order valence-electron chi connectivity index (χ4n) is 2.16. The van der Waals surface area contributed by atoms with Crippen LogP contribution >= 0.6 is 0 Å². The number of hydrogen-bond acceptors (Lipinski definition) is 6. The lowest BCUT2D eigenvalue weighted by Gasteiger charge is -2.27. The van der Waals surface area contributed by atoms with Gasteiger partial charge in [-0.15, -0.1) is 0 Å². The fourth-order valence-corrected chi connectivity index (χ4v) is 2.16. The van der Waals surface area contributed by atoms with Gasteiger partial charge in [0, 0.05) is 26.3 Å². The van der Waals surface area contributed by atoms with Gasteiger partial charge in [0.25, 0.3) is 0 Å². The Hall–Kier alpha value is -2.48. The maximum atomic E-state index is 11.1. The van der Waals surface area contributed by atoms with Gasteiger partial charge in [-0.3, -0.25) is 10.1 Å². The van der Waals surface area contributed by atoms with Gasteiger partial charge >= 0.3 is 11.7 Å². The van der Waals surface area contributed by atoms with Gasteiger partial charge in [0.15, 0.2) is 5.69 Å². The van der Waals surface area contributed by atoms with Crippen LogP contribution in [0.15, 0.2) is 23.8 Å². The standard InChI is InChI=1S/C13H15N3O5/c1-21-8-9-4-6-15(7-5-9)12-11(16(19)20)3-2-10(14-12)13(17)18/h2-4H,5-8H2,1H3,(H,17,18). The Labute approximate surface area is 120 Å². The van der Waals surface area contributed by atoms with Gasteiger partial charge in [0.1, 0.15) is 0 Å². The normalized spacial score (nSPS) is 14.7. The van der Waals surface area contributed by atoms with Crippen LogP contribution in [0, 0.1) is 10.1 Å². The van der Waals surface area contributed by atoms with Gasteiger partial charge < -0.3 is 14.7 Å². The Morgan fingerprint density at radius 2 is 2.33 bits per heavy atom. The lowest BCUT2D eigenvalue weighted by atomic mass is 10.1. The molecular formula is C13H15N3O5. The van der Waals surface area contributed by atoms with E-state index in [4.69, 9.17) is 9.84 Å². The smallest absolute Gasteiger partial charge is 0.354 e. The van der Waals surface area contributed by atoms with Crippen molar-refractivity contribution in [1.82, 2.24) is 4.98 Å². The highest BCUT2D eigenvalue weighted by Crippen LogP contribution is 2.28. The highest BCUT2D eigenvalue weighted by atomic mass is 16.6. The number of methoxy groups -OCH3 is 1. The molecule has 0 aliphatic carbocycles. The molecule has 1 aliphatic heterocycles. The van der Waals surface area contributed by atoms with Crippen molar-refractivity contribution in [2.24, 2.45) is 0 Å². The Bertz CT molecular complexity index is 599. The van der Waals surface area contributed by atoms with Crippen molar-refractivity contribution >= 4 is 17.5 Å². The summed E-state index contributed by atoms with van der Waals surface area (Å²) in [6.07, 6.45) is 2.62. The zero-order valence-corrected chi connectivity index (χ0v) is 11.5. The molecule has 2 heterocycles. The van der Waals surface area contributed by atoms with Crippen molar-refractivity contribution in [2.45, 2.75) is 6.42 Å². The predicted octanol–water partition coefficient (Wildman–Crippen LogP) is 1.47. The van der Waals surface area contributed by atoms with Crippen LogP contribution < -0.4 is 4.90 Å². The van der Waals surface area contributed by atoms with Gasteiger partial charge in [-0.1, -0.05) is 6.08 Å². The Morgan fingerprint density at radius 3 is 2.86 bits per heavy atom. The van der Waals surface area contributed by atoms with Gasteiger partial charge in [-0.2, -0.15) is 0 Å². The van der Waals surface area contributed by atoms with E-state index < -0.39 is 10.9 Å². The zero-order valence-electron chi connectivity index (χ0n) is 11.5. The van der Waals surface area contributed by atoms with E-state index in [2.05, 4.69) is 4.98 Å². The van der Waals surface area contributed by atoms with Crippen molar-refractivity contribution in [3.8, 4) is 0 Å². The number of nitro groups is 1. The summed E-state index contributed by atoms with van der Waals surface area (Å²) < 4.78 is 5.05. The van der Waals surface area contributed by atoms with E-state index in [1.165, 1.54) is 6.07 Å². The average Bonchev–Trinajstić information content (AvgIpc) is 2.47. The van der Waals surface area contributed by atoms with Gasteiger partial charge in [-0.05, 0) is 18.1 Å². The maximum Gasteiger partial charge on any atom is 0.354 e. The molecule has 1 aliphatic rings. The van der Waals surface area contributed by atoms with E-state index in [0.29, 0.717) is 26.1 Å². The molecule has 1 aromatic heterocycles. The summed E-state index contributed by atoms with van der Waals surface area (Å²) in [5.74, 6) is -1.12. The van der Waals surface area contributed by atoms with Crippen molar-refractivity contribution in [1.29, 1.82) is 0 Å². The summed E-state index contributed by atoms with van der Waals surface area (Å²) in [6, 6.07) is 2.32. The zero-order chi connectivity index (χ0) is 15.4. The summed E-state index contributed by atoms with van der Waals surface area (Å²) in [6.45, 7) is 1.50. The van der Waals surface area contributed by atoms with Crippen LogP contribution in [0.4, 0.5) is 11.5 Å². The maximum absolute atomic E-state index is 11.1. The molecule has 2 rings (SSSR count). The molecule has 112 valence electrons. The largest absolute Gasteiger partial charge is 0.477 e. The second-order valence-corrected chi connectivity index (χ2v) is 4.59. The predicted molar refractivity (Wildman–Crippen MR) is 74.6 cm³/mol. The number of carbonyl (C=O) groups is 1. The molecule has 1 aromatic rings. The molecule has 1 N–H and O–H groups in total. The van der Waals surface area contributed by atoms with E-state index in [-0.39, 0.29) is 17.2 Å². The second kappa shape index (κ2) is 6.31. The van der Waals surface area contributed by atoms with Crippen molar-refractivity contribution < 1.29 is 19.6 Å². The summed E-state index contributed by atoms with van der Waals surface area (Å²) >= 11 is 0. The van der Waals surface area contributed by atoms with Crippen LogP contribution in [-0.4, -0.2) is 47.8 Å². The first kappa shape index (κ1) is 14.9. The first-order chi connectivity index (χ1) is 10.0. The number of aromatic carboxylic acids is 1. The van der Waals surface area contributed by atoms with Gasteiger partial charge in [-0.25, -0.2) is 9.78 Å². The molecule has 0 saturated carbocycles. The van der Waals surface area contributed by atoms with Crippen LogP contribution in [0.25, 0.3) is 0 Å². The number of carboxylic acid groups (broad SMARTS) is 1. The van der Waals surface area contributed by atoms with Crippen LogP contribution in [-0.2, 0) is 4.74 Å². The summed E-state index contributed by atoms with van der Waals surface area (Å²) in [7, 11) is 1.61. The number of rotatable bonds is 5. The Kier molecular flexibility index (Phi) is 4.49. The minimum absolute atomic E-state index is 0.0904. The molecule has 0 amide bonds. The minimum atomic E-state index is -1.21. The van der Waals surface area contributed by atoms with Crippen LogP contribution in [0.2, 0.25) is 0 Å². The molecule has 8 heteroatoms. The quantitative estimate of drug-likeness (QED) is 0.497. The van der Waals surface area contributed by atoms with Crippen molar-refractivity contribution in [3.63, 3.8) is 0 Å². The lowest BCUT2D eigenvalue weighted by Crippen LogP contribution is -2.31. The average molecular weight is 293 g/mol. The molecule has 0 fully saturated rings. The number of ether oxygens (including phenoxy) is 1. The minimum Gasteiger partial charge on any atom is -0.477 e. The number of nitrogens with zero attached hydrogens (tertiary/aromatic N) is 3. The summed E-state index contributed by atoms with van der Waals surface area (Å²) in [5.41, 5.74) is 0.719. The molecule has 8 nitrogen and oxygen atoms in total. The third-order valence-electron chi connectivity index (χ3n) is 3.20. The van der Waals surface area contributed by atoms with Gasteiger partial charge in [0.05, 0.1) is 11.5 Å². The third kappa shape index (κ3) is 3.34. The number of anilines is 1. The summed E-state index contributed by atoms with van der Waals surface area (Å²) in [4.78, 5) is 27.1. The summed E-state index contributed by atoms with van der Waals surface area (Å²) in [5, 5.41) is 20.0. The van der Waals surface area contributed by atoms with E-state index in [1.807, 2.05) is 6.08 Å². The van der Waals surface area contributed by atoms with E-state index in [0.717, 1.165) is 11.6 Å². The number of hydrogen-bond donors (Lipinski definition) is 1. The number of carboxylic acids is 1. The highest BCUT2D eigenvalue weighted by Gasteiger charge is 2.24. The second-order valence-electron chi connectivity index (χ2n) is 4.59. The molecule has 0 spiro atoms. The van der Waals surface area contributed by atoms with Crippen molar-refractivity contribution in [2.75, 3.05) is 31.7 Å². The molecule has 0 aromatic carbocycles. The first-order valence-corrected chi connectivity index (χ1v) is 6.33. The molecule has 0 bridgehead atoms. The molecule has 21 heavy (non-hydrogen) atoms. The van der Waals surface area contributed by atoms with Crippen LogP contribution in [0.1, 0.15) is 16.9 Å². The number of pyridine rings is 1. The highest BCUT2D eigenvalue weighted by molar-refractivity contribution is 5.86. The van der Waals surface area contributed by atoms with E-state index in [9.17, 15) is 14.9 Å².